The molecular formula is C29H33N5O4. The van der Waals surface area contributed by atoms with E-state index in [1.54, 1.807) is 12.1 Å². The molecule has 0 bridgehead atoms. The molecule has 1 atom stereocenters. The number of rotatable bonds is 5. The summed E-state index contributed by atoms with van der Waals surface area (Å²) in [6.07, 6.45) is 5.48. The summed E-state index contributed by atoms with van der Waals surface area (Å²) in [6, 6.07) is 15.6. The van der Waals surface area contributed by atoms with E-state index in [2.05, 4.69) is 69.6 Å². The minimum Gasteiger partial charge on any atom is -0.508 e. The first-order valence-corrected chi connectivity index (χ1v) is 12.6. The predicted octanol–water partition coefficient (Wildman–Crippen LogP) is 5.42. The number of nitrogens with one attached hydrogen (secondary N) is 1. The van der Waals surface area contributed by atoms with Crippen LogP contribution < -0.4 is 5.73 Å². The molecule has 3 heterocycles. The minimum atomic E-state index is -0.745. The number of carbonyl (C=O) groups is 2. The number of nitrogens with zero attached hydrogens (tertiary/aromatic N) is 3. The van der Waals surface area contributed by atoms with Gasteiger partial charge in [0, 0.05) is 36.2 Å². The molecule has 38 heavy (non-hydrogen) atoms. The number of methoxy groups -OCH3 is 1. The zero-order valence-electron chi connectivity index (χ0n) is 21.8. The van der Waals surface area contributed by atoms with Gasteiger partial charge in [-0.2, -0.15) is 0 Å². The number of hydrogen-bond donors (Lipinski definition) is 3. The van der Waals surface area contributed by atoms with Crippen LogP contribution >= 0.6 is 0 Å². The van der Waals surface area contributed by atoms with Crippen LogP contribution in [0.25, 0.3) is 33.3 Å². The van der Waals surface area contributed by atoms with Crippen molar-refractivity contribution in [3.8, 4) is 28.1 Å². The van der Waals surface area contributed by atoms with Crippen LogP contribution in [0.3, 0.4) is 0 Å². The number of hydrogen-bond acceptors (Lipinski definition) is 6. The summed E-state index contributed by atoms with van der Waals surface area (Å²) >= 11 is 0. The topological polar surface area (TPSA) is 134 Å². The van der Waals surface area contributed by atoms with Gasteiger partial charge in [-0.05, 0) is 48.1 Å². The van der Waals surface area contributed by atoms with Crippen molar-refractivity contribution in [2.24, 2.45) is 11.7 Å². The molecule has 2 amide bonds. The lowest BCUT2D eigenvalue weighted by atomic mass is 10.0. The number of aromatic hydroxyl groups is 1. The summed E-state index contributed by atoms with van der Waals surface area (Å²) in [5.41, 5.74) is 9.30. The zero-order valence-corrected chi connectivity index (χ0v) is 21.8. The number of fused-ring (bicyclic) bond motifs is 1. The van der Waals surface area contributed by atoms with E-state index in [1.165, 1.54) is 7.11 Å². The molecular weight excluding hydrogens is 482 g/mol. The molecule has 0 aliphatic carbocycles. The lowest BCUT2D eigenvalue weighted by Gasteiger charge is -2.24. The number of phenolic OH excluding ortho intramolecular Hbond substituents is 1. The number of amides is 2. The maximum atomic E-state index is 12.7. The number of primary amides is 1. The first-order chi connectivity index (χ1) is 18.2. The smallest absolute Gasteiger partial charge is 0.404 e. The Balaban J connectivity index is 0.000000617. The number of likely N-dealkylation sites (tertiary alicyclic amines) is 1. The number of nitrogens with two attached hydrogens (primary N) is 1. The summed E-state index contributed by atoms with van der Waals surface area (Å²) in [5.74, 6) is 1.66. The predicted molar refractivity (Wildman–Crippen MR) is 146 cm³/mol. The lowest BCUT2D eigenvalue weighted by Crippen LogP contribution is -2.31. The molecule has 0 saturated carbocycles. The molecule has 9 nitrogen and oxygen atoms in total. The second kappa shape index (κ2) is 11.8. The van der Waals surface area contributed by atoms with E-state index in [4.69, 9.17) is 0 Å². The van der Waals surface area contributed by atoms with Crippen molar-refractivity contribution in [2.45, 2.75) is 39.2 Å². The Hall–Kier alpha value is -4.40. The van der Waals surface area contributed by atoms with Crippen LogP contribution in [0.4, 0.5) is 4.79 Å². The van der Waals surface area contributed by atoms with Crippen molar-refractivity contribution in [2.75, 3.05) is 13.7 Å². The Labute approximate surface area is 221 Å². The summed E-state index contributed by atoms with van der Waals surface area (Å²) in [5, 5.41) is 10.6. The highest BCUT2D eigenvalue weighted by molar-refractivity contribution is 5.84. The van der Waals surface area contributed by atoms with E-state index >= 15 is 0 Å². The Kier molecular flexibility index (Phi) is 8.25. The first kappa shape index (κ1) is 26.7. The summed E-state index contributed by atoms with van der Waals surface area (Å²) in [4.78, 5) is 36.6. The zero-order chi connectivity index (χ0) is 27.2. The highest BCUT2D eigenvalue weighted by Crippen LogP contribution is 2.33. The van der Waals surface area contributed by atoms with Crippen molar-refractivity contribution in [1.29, 1.82) is 0 Å². The second-order valence-electron chi connectivity index (χ2n) is 9.73. The van der Waals surface area contributed by atoms with Gasteiger partial charge in [-0.25, -0.2) is 9.78 Å². The number of H-pyrrole nitrogens is 1. The van der Waals surface area contributed by atoms with Gasteiger partial charge in [-0.15, -0.1) is 0 Å². The van der Waals surface area contributed by atoms with Crippen LogP contribution in [0.1, 0.15) is 45.0 Å². The fourth-order valence-corrected chi connectivity index (χ4v) is 4.58. The van der Waals surface area contributed by atoms with Crippen molar-refractivity contribution in [1.82, 2.24) is 19.9 Å². The van der Waals surface area contributed by atoms with Crippen molar-refractivity contribution in [3.63, 3.8) is 0 Å². The molecule has 1 fully saturated rings. The summed E-state index contributed by atoms with van der Waals surface area (Å²) in [7, 11) is 1.22. The number of benzene rings is 2. The third kappa shape index (κ3) is 6.29. The molecule has 9 heteroatoms. The molecule has 0 unspecified atom stereocenters. The van der Waals surface area contributed by atoms with Crippen LogP contribution in [0.2, 0.25) is 0 Å². The van der Waals surface area contributed by atoms with Crippen LogP contribution in [-0.2, 0) is 9.53 Å². The van der Waals surface area contributed by atoms with E-state index in [9.17, 15) is 14.7 Å². The average Bonchev–Trinajstić information content (AvgIpc) is 3.58. The molecule has 4 N–H and O–H groups in total. The van der Waals surface area contributed by atoms with E-state index in [0.717, 1.165) is 58.5 Å². The van der Waals surface area contributed by atoms with E-state index in [1.807, 2.05) is 23.4 Å². The van der Waals surface area contributed by atoms with Crippen molar-refractivity contribution in [3.05, 3.63) is 66.7 Å². The molecule has 0 radical (unpaired) electrons. The van der Waals surface area contributed by atoms with Gasteiger partial charge in [0.15, 0.2) is 0 Å². The third-order valence-electron chi connectivity index (χ3n) is 6.47. The van der Waals surface area contributed by atoms with Gasteiger partial charge < -0.3 is 25.5 Å². The molecule has 1 aliphatic rings. The summed E-state index contributed by atoms with van der Waals surface area (Å²) < 4.78 is 3.89. The molecule has 2 aromatic carbocycles. The molecule has 4 aromatic rings. The number of ether oxygens (including phenoxy) is 1. The van der Waals surface area contributed by atoms with Gasteiger partial charge in [0.05, 0.1) is 30.6 Å². The third-order valence-corrected chi connectivity index (χ3v) is 6.47. The fourth-order valence-electron chi connectivity index (χ4n) is 4.58. The lowest BCUT2D eigenvalue weighted by molar-refractivity contribution is -0.133. The van der Waals surface area contributed by atoms with Gasteiger partial charge in [0.1, 0.15) is 11.6 Å². The van der Waals surface area contributed by atoms with Crippen LogP contribution in [-0.4, -0.2) is 50.6 Å². The molecule has 5 rings (SSSR count). The number of pyridine rings is 1. The number of imidazole rings is 1. The fraction of sp³-hybridized carbons (Fsp3) is 0.310. The molecule has 198 valence electrons. The Morgan fingerprint density at radius 2 is 1.79 bits per heavy atom. The molecule has 1 aliphatic heterocycles. The van der Waals surface area contributed by atoms with Gasteiger partial charge in [0.25, 0.3) is 0 Å². The highest BCUT2D eigenvalue weighted by atomic mass is 16.5. The Morgan fingerprint density at radius 3 is 2.47 bits per heavy atom. The van der Waals surface area contributed by atoms with E-state index in [-0.39, 0.29) is 17.7 Å². The van der Waals surface area contributed by atoms with Gasteiger partial charge in [0.2, 0.25) is 5.91 Å². The second-order valence-corrected chi connectivity index (χ2v) is 9.73. The summed E-state index contributed by atoms with van der Waals surface area (Å²) in [6.45, 7) is 4.97. The molecule has 1 saturated heterocycles. The molecule has 2 aromatic heterocycles. The largest absolute Gasteiger partial charge is 0.508 e. The normalized spacial score (nSPS) is 14.8. The standard InChI is InChI=1S/C27H28N4O2.C2H5NO2/c1-17(2)12-26(33)31-11-3-4-25(31)27-29-16-24(30-27)19-7-5-18(6-8-19)21-13-20-9-10-22(32)14-23(20)28-15-21;1-5-2(3)4/h5-10,13-17,25,32H,3-4,11-12H2,1-2H3,(H,29,30);1H3,(H2,3,4)/t25-;/m0./s1. The van der Waals surface area contributed by atoms with E-state index in [0.29, 0.717) is 12.3 Å². The quantitative estimate of drug-likeness (QED) is 0.325. The monoisotopic (exact) mass is 515 g/mol. The highest BCUT2D eigenvalue weighted by Gasteiger charge is 2.32. The first-order valence-electron chi connectivity index (χ1n) is 12.6. The molecule has 0 spiro atoms. The maximum Gasteiger partial charge on any atom is 0.404 e. The number of phenols is 1. The van der Waals surface area contributed by atoms with Crippen molar-refractivity contribution >= 4 is 22.9 Å². The van der Waals surface area contributed by atoms with Gasteiger partial charge in [-0.1, -0.05) is 38.1 Å². The maximum absolute atomic E-state index is 12.7. The average molecular weight is 516 g/mol. The van der Waals surface area contributed by atoms with Gasteiger partial charge in [-0.3, -0.25) is 9.78 Å². The Bertz CT molecular complexity index is 1410. The van der Waals surface area contributed by atoms with Crippen LogP contribution in [0, 0.1) is 5.92 Å². The van der Waals surface area contributed by atoms with Crippen LogP contribution in [0.15, 0.2) is 60.9 Å². The van der Waals surface area contributed by atoms with Crippen molar-refractivity contribution < 1.29 is 19.4 Å². The Morgan fingerprint density at radius 1 is 1.08 bits per heavy atom. The number of aromatic amines is 1. The minimum absolute atomic E-state index is 0.0346. The van der Waals surface area contributed by atoms with Gasteiger partial charge >= 0.3 is 6.09 Å². The van der Waals surface area contributed by atoms with Crippen LogP contribution in [0.5, 0.6) is 5.75 Å². The SMILES string of the molecule is CC(C)CC(=O)N1CCC[C@H]1c1ncc(-c2ccc(-c3cnc4cc(O)ccc4c3)cc2)[nH]1.COC(N)=O. The number of aromatic nitrogens is 3. The van der Waals surface area contributed by atoms with E-state index < -0.39 is 6.09 Å². The number of carbonyl (C=O) groups excluding carboxylic acids is 2.